The van der Waals surface area contributed by atoms with Crippen LogP contribution in [-0.4, -0.2) is 68.6 Å². The normalized spacial score (nSPS) is 20.5. The smallest absolute Gasteiger partial charge is 0.407 e. The van der Waals surface area contributed by atoms with Crippen LogP contribution in [0.4, 0.5) is 29.7 Å². The van der Waals surface area contributed by atoms with Crippen molar-refractivity contribution < 1.29 is 32.2 Å². The number of aromatic amines is 1. The number of hydrogen-bond donors (Lipinski definition) is 3. The number of rotatable bonds is 8. The molecule has 1 aliphatic heterocycles. The minimum absolute atomic E-state index is 0.0150. The number of H-pyrrole nitrogens is 1. The molecule has 3 aromatic rings. The quantitative estimate of drug-likeness (QED) is 0.460. The van der Waals surface area contributed by atoms with Gasteiger partial charge in [0.1, 0.15) is 11.8 Å². The Labute approximate surface area is 185 Å². The molecule has 3 atom stereocenters. The van der Waals surface area contributed by atoms with Gasteiger partial charge in [-0.05, 0) is 19.9 Å². The van der Waals surface area contributed by atoms with Crippen molar-refractivity contribution in [2.45, 2.75) is 44.7 Å². The third kappa shape index (κ3) is 5.27. The highest BCUT2D eigenvalue weighted by molar-refractivity contribution is 5.67. The Hall–Kier alpha value is -3.55. The third-order valence-corrected chi connectivity index (χ3v) is 4.61. The lowest BCUT2D eigenvalue weighted by atomic mass is 10.1. The summed E-state index contributed by atoms with van der Waals surface area (Å²) in [7, 11) is 0. The van der Waals surface area contributed by atoms with Crippen molar-refractivity contribution in [2.75, 3.05) is 18.5 Å². The first-order valence-corrected chi connectivity index (χ1v) is 10.1. The summed E-state index contributed by atoms with van der Waals surface area (Å²) >= 11 is 0. The number of nitrogens with zero attached hydrogens (tertiary/aromatic N) is 4. The minimum atomic E-state index is -2.63. The molecule has 3 aromatic heterocycles. The third-order valence-electron chi connectivity index (χ3n) is 4.61. The molecule has 0 saturated carbocycles. The number of halogens is 3. The number of nitrogens with one attached hydrogen (secondary N) is 3. The summed E-state index contributed by atoms with van der Waals surface area (Å²) in [5, 5.41) is 12.3. The highest BCUT2D eigenvalue weighted by Gasteiger charge is 2.42. The average Bonchev–Trinajstić information content (AvgIpc) is 3.45. The number of imidazole rings is 1. The lowest BCUT2D eigenvalue weighted by molar-refractivity contribution is 0.0615. The fourth-order valence-electron chi connectivity index (χ4n) is 3.21. The van der Waals surface area contributed by atoms with E-state index in [0.29, 0.717) is 17.2 Å². The first-order chi connectivity index (χ1) is 15.8. The number of fused-ring (bicyclic) bond motifs is 1. The van der Waals surface area contributed by atoms with Crippen LogP contribution in [0.5, 0.6) is 5.88 Å². The predicted octanol–water partition coefficient (Wildman–Crippen LogP) is 2.75. The van der Waals surface area contributed by atoms with Crippen LogP contribution in [0.2, 0.25) is 0 Å². The molecule has 4 rings (SSSR count). The standard InChI is InChI=1S/C19H22F3N7O4/c1-9(2)24-19(30)33-11-7-32-17(16(11)22)10-5-13(28-27-10)25-18-23-4-3-14-26-15(6-29(14)18)31-8-12(20)21/h3-6,9,11-12,16-17H,7-8H2,1-2H3,(H,24,30)(H2,23,25,27,28)/t11-,16-,17-/m0/s1. The van der Waals surface area contributed by atoms with Crippen molar-refractivity contribution in [2.24, 2.45) is 0 Å². The molecule has 1 aliphatic rings. The van der Waals surface area contributed by atoms with Crippen LogP contribution in [0.3, 0.4) is 0 Å². The van der Waals surface area contributed by atoms with Crippen LogP contribution in [0.1, 0.15) is 25.6 Å². The molecule has 0 aliphatic carbocycles. The van der Waals surface area contributed by atoms with E-state index in [9.17, 15) is 18.0 Å². The first kappa shape index (κ1) is 22.6. The van der Waals surface area contributed by atoms with Gasteiger partial charge in [0.2, 0.25) is 11.8 Å². The summed E-state index contributed by atoms with van der Waals surface area (Å²) in [5.74, 6) is 0.591. The van der Waals surface area contributed by atoms with Crippen LogP contribution < -0.4 is 15.4 Å². The van der Waals surface area contributed by atoms with Crippen molar-refractivity contribution in [3.8, 4) is 5.88 Å². The number of anilines is 2. The van der Waals surface area contributed by atoms with Crippen molar-refractivity contribution in [1.29, 1.82) is 0 Å². The van der Waals surface area contributed by atoms with Crippen LogP contribution in [0.25, 0.3) is 5.65 Å². The topological polar surface area (TPSA) is 128 Å². The summed E-state index contributed by atoms with van der Waals surface area (Å²) < 4.78 is 56.6. The number of carbonyl (C=O) groups is 1. The largest absolute Gasteiger partial charge is 0.470 e. The maximum absolute atomic E-state index is 14.8. The summed E-state index contributed by atoms with van der Waals surface area (Å²) in [6.07, 6.45) is -4.12. The molecule has 11 nitrogen and oxygen atoms in total. The Kier molecular flexibility index (Phi) is 6.53. The highest BCUT2D eigenvalue weighted by atomic mass is 19.3. The summed E-state index contributed by atoms with van der Waals surface area (Å²) in [5.41, 5.74) is 0.745. The second-order valence-electron chi connectivity index (χ2n) is 7.55. The Morgan fingerprint density at radius 2 is 2.24 bits per heavy atom. The van der Waals surface area contributed by atoms with E-state index in [2.05, 4.69) is 30.8 Å². The Balaban J connectivity index is 1.43. The molecule has 4 heterocycles. The van der Waals surface area contributed by atoms with Crippen LogP contribution >= 0.6 is 0 Å². The molecule has 14 heteroatoms. The van der Waals surface area contributed by atoms with E-state index in [-0.39, 0.29) is 24.5 Å². The van der Waals surface area contributed by atoms with E-state index in [1.165, 1.54) is 22.9 Å². The SMILES string of the molecule is CC(C)NC(=O)O[C@H]1CO[C@@H](c2cc(Nc3nccc4nc(OCC(F)F)cn34)n[nH]2)[C@H]1F. The van der Waals surface area contributed by atoms with Gasteiger partial charge in [-0.2, -0.15) is 10.1 Å². The van der Waals surface area contributed by atoms with E-state index in [1.807, 2.05) is 0 Å². The number of ether oxygens (including phenoxy) is 3. The van der Waals surface area contributed by atoms with Crippen LogP contribution in [0.15, 0.2) is 24.5 Å². The Bertz CT molecular complexity index is 1110. The predicted molar refractivity (Wildman–Crippen MR) is 108 cm³/mol. The molecule has 0 unspecified atom stereocenters. The summed E-state index contributed by atoms with van der Waals surface area (Å²) in [6, 6.07) is 2.96. The second kappa shape index (κ2) is 9.52. The van der Waals surface area contributed by atoms with Gasteiger partial charge in [-0.1, -0.05) is 0 Å². The lowest BCUT2D eigenvalue weighted by Crippen LogP contribution is -2.36. The van der Waals surface area contributed by atoms with Crippen LogP contribution in [-0.2, 0) is 9.47 Å². The molecule has 0 bridgehead atoms. The first-order valence-electron chi connectivity index (χ1n) is 10.1. The zero-order chi connectivity index (χ0) is 23.5. The average molecular weight is 469 g/mol. The van der Waals surface area contributed by atoms with Gasteiger partial charge in [0.15, 0.2) is 24.7 Å². The van der Waals surface area contributed by atoms with Crippen LogP contribution in [0, 0.1) is 0 Å². The molecule has 33 heavy (non-hydrogen) atoms. The zero-order valence-corrected chi connectivity index (χ0v) is 17.7. The fourth-order valence-corrected chi connectivity index (χ4v) is 3.21. The Morgan fingerprint density at radius 1 is 1.42 bits per heavy atom. The van der Waals surface area contributed by atoms with Crippen molar-refractivity contribution in [1.82, 2.24) is 29.9 Å². The number of aromatic nitrogens is 5. The number of carbonyl (C=O) groups excluding carboxylic acids is 1. The van der Waals surface area contributed by atoms with Gasteiger partial charge >= 0.3 is 6.09 Å². The van der Waals surface area contributed by atoms with E-state index < -0.39 is 37.5 Å². The number of alkyl carbamates (subject to hydrolysis) is 1. The summed E-state index contributed by atoms with van der Waals surface area (Å²) in [4.78, 5) is 20.0. The van der Waals surface area contributed by atoms with Crippen molar-refractivity contribution in [3.05, 3.63) is 30.2 Å². The van der Waals surface area contributed by atoms with Gasteiger partial charge in [-0.3, -0.25) is 9.50 Å². The number of alkyl halides is 3. The molecule has 0 spiro atoms. The Morgan fingerprint density at radius 3 is 3.00 bits per heavy atom. The number of hydrogen-bond acceptors (Lipinski definition) is 8. The summed E-state index contributed by atoms with van der Waals surface area (Å²) in [6.45, 7) is 2.64. The maximum Gasteiger partial charge on any atom is 0.407 e. The molecule has 1 fully saturated rings. The monoisotopic (exact) mass is 469 g/mol. The lowest BCUT2D eigenvalue weighted by Gasteiger charge is -2.16. The van der Waals surface area contributed by atoms with Gasteiger partial charge < -0.3 is 24.8 Å². The molecular weight excluding hydrogens is 447 g/mol. The van der Waals surface area contributed by atoms with E-state index in [0.717, 1.165) is 0 Å². The zero-order valence-electron chi connectivity index (χ0n) is 17.7. The highest BCUT2D eigenvalue weighted by Crippen LogP contribution is 2.33. The van der Waals surface area contributed by atoms with Gasteiger partial charge in [0.05, 0.1) is 18.5 Å². The van der Waals surface area contributed by atoms with Gasteiger partial charge in [0, 0.05) is 18.3 Å². The number of amides is 1. The molecule has 1 amide bonds. The fraction of sp³-hybridized carbons (Fsp3) is 0.474. The molecule has 3 N–H and O–H groups in total. The minimum Gasteiger partial charge on any atom is -0.470 e. The molecule has 1 saturated heterocycles. The molecular formula is C19H22F3N7O4. The maximum atomic E-state index is 14.8. The second-order valence-corrected chi connectivity index (χ2v) is 7.55. The van der Waals surface area contributed by atoms with E-state index >= 15 is 0 Å². The van der Waals surface area contributed by atoms with Gasteiger partial charge in [-0.25, -0.2) is 22.9 Å². The van der Waals surface area contributed by atoms with E-state index in [1.54, 1.807) is 19.9 Å². The molecule has 178 valence electrons. The van der Waals surface area contributed by atoms with Gasteiger partial charge in [0.25, 0.3) is 6.43 Å². The van der Waals surface area contributed by atoms with Crippen molar-refractivity contribution >= 4 is 23.5 Å². The molecule has 0 aromatic carbocycles. The van der Waals surface area contributed by atoms with Gasteiger partial charge in [-0.15, -0.1) is 0 Å². The molecule has 0 radical (unpaired) electrons. The van der Waals surface area contributed by atoms with E-state index in [4.69, 9.17) is 14.2 Å². The van der Waals surface area contributed by atoms with Crippen molar-refractivity contribution in [3.63, 3.8) is 0 Å².